The number of allylic oxidation sites excluding steroid dienone is 1. The molecule has 1 aliphatic rings. The molecule has 8 heteroatoms. The Kier molecular flexibility index (Phi) is 7.09. The molecule has 0 fully saturated rings. The number of halogens is 1. The Balaban J connectivity index is 1.50. The number of benzene rings is 3. The molecule has 0 spiro atoms. The summed E-state index contributed by atoms with van der Waals surface area (Å²) in [6.07, 6.45) is 0. The van der Waals surface area contributed by atoms with Crippen molar-refractivity contribution in [3.05, 3.63) is 111 Å². The monoisotopic (exact) mass is 529 g/mol. The van der Waals surface area contributed by atoms with Crippen LogP contribution in [0.1, 0.15) is 40.8 Å². The summed E-state index contributed by atoms with van der Waals surface area (Å²) < 4.78 is 1.79. The van der Waals surface area contributed by atoms with E-state index in [2.05, 4.69) is 47.9 Å². The topological polar surface area (TPSA) is 71.8 Å². The van der Waals surface area contributed by atoms with Crippen LogP contribution in [-0.4, -0.2) is 20.7 Å². The lowest BCUT2D eigenvalue weighted by Gasteiger charge is -2.29. The van der Waals surface area contributed by atoms with Gasteiger partial charge < -0.3 is 10.6 Å². The molecular weight excluding hydrogens is 502 g/mol. The first-order valence-corrected chi connectivity index (χ1v) is 13.4. The molecule has 4 aromatic rings. The van der Waals surface area contributed by atoms with Gasteiger partial charge in [0.1, 0.15) is 6.04 Å². The summed E-state index contributed by atoms with van der Waals surface area (Å²) in [4.78, 5) is 18.5. The number of anilines is 2. The predicted octanol–water partition coefficient (Wildman–Crippen LogP) is 7.08. The van der Waals surface area contributed by atoms with Crippen LogP contribution in [0.3, 0.4) is 0 Å². The molecule has 37 heavy (non-hydrogen) atoms. The Morgan fingerprint density at radius 2 is 1.81 bits per heavy atom. The first-order valence-electron chi connectivity index (χ1n) is 12.1. The number of carbonyl (C=O) groups is 1. The summed E-state index contributed by atoms with van der Waals surface area (Å²) in [6.45, 7) is 8.00. The molecule has 0 unspecified atom stereocenters. The molecule has 5 rings (SSSR count). The molecule has 0 aliphatic carbocycles. The molecule has 2 N–H and O–H groups in total. The first kappa shape index (κ1) is 25.1. The molecule has 0 saturated carbocycles. The maximum Gasteiger partial charge on any atom is 0.255 e. The quantitative estimate of drug-likeness (QED) is 0.261. The average molecular weight is 530 g/mol. The fourth-order valence-corrected chi connectivity index (χ4v) is 5.54. The van der Waals surface area contributed by atoms with Gasteiger partial charge in [0, 0.05) is 22.2 Å². The number of carbonyl (C=O) groups excluding carboxylic acids is 1. The highest BCUT2D eigenvalue weighted by atomic mass is 35.5. The molecule has 0 bridgehead atoms. The zero-order valence-corrected chi connectivity index (χ0v) is 22.7. The minimum absolute atomic E-state index is 0.197. The van der Waals surface area contributed by atoms with Crippen LogP contribution in [0, 0.1) is 20.8 Å². The summed E-state index contributed by atoms with van der Waals surface area (Å²) in [5, 5.41) is 12.5. The van der Waals surface area contributed by atoms with E-state index in [4.69, 9.17) is 21.7 Å². The Labute approximate surface area is 226 Å². The maximum atomic E-state index is 13.7. The van der Waals surface area contributed by atoms with Crippen LogP contribution < -0.4 is 10.6 Å². The number of nitrogens with one attached hydrogen (secondary N) is 2. The van der Waals surface area contributed by atoms with Crippen LogP contribution >= 0.6 is 23.4 Å². The average Bonchev–Trinajstić information content (AvgIpc) is 3.26. The zero-order valence-electron chi connectivity index (χ0n) is 21.2. The van der Waals surface area contributed by atoms with Crippen LogP contribution in [-0.2, 0) is 10.5 Å². The molecule has 1 atom stereocenters. The van der Waals surface area contributed by atoms with Crippen molar-refractivity contribution in [2.75, 3.05) is 10.6 Å². The smallest absolute Gasteiger partial charge is 0.255 e. The van der Waals surface area contributed by atoms with Gasteiger partial charge >= 0.3 is 0 Å². The number of aromatic nitrogens is 3. The normalized spacial score (nSPS) is 14.8. The Morgan fingerprint density at radius 1 is 1.03 bits per heavy atom. The highest BCUT2D eigenvalue weighted by Gasteiger charge is 2.34. The number of fused-ring (bicyclic) bond motifs is 1. The van der Waals surface area contributed by atoms with E-state index in [0.717, 1.165) is 33.8 Å². The van der Waals surface area contributed by atoms with Crippen molar-refractivity contribution in [1.82, 2.24) is 14.8 Å². The maximum absolute atomic E-state index is 13.7. The largest absolute Gasteiger partial charge is 0.328 e. The lowest BCUT2D eigenvalue weighted by atomic mass is 9.95. The molecule has 1 amide bonds. The summed E-state index contributed by atoms with van der Waals surface area (Å²) in [6, 6.07) is 21.4. The van der Waals surface area contributed by atoms with Crippen LogP contribution in [0.5, 0.6) is 0 Å². The van der Waals surface area contributed by atoms with Gasteiger partial charge in [0.25, 0.3) is 5.91 Å². The van der Waals surface area contributed by atoms with E-state index in [1.54, 1.807) is 16.4 Å². The summed E-state index contributed by atoms with van der Waals surface area (Å²) in [5.41, 5.74) is 7.50. The van der Waals surface area contributed by atoms with Gasteiger partial charge in [0.05, 0.1) is 5.57 Å². The lowest BCUT2D eigenvalue weighted by molar-refractivity contribution is -0.113. The Bertz CT molecular complexity index is 1530. The van der Waals surface area contributed by atoms with E-state index in [-0.39, 0.29) is 5.91 Å². The minimum Gasteiger partial charge on any atom is -0.328 e. The molecule has 3 aromatic carbocycles. The van der Waals surface area contributed by atoms with Crippen LogP contribution in [0.15, 0.2) is 83.2 Å². The number of nitrogens with zero attached hydrogens (tertiary/aromatic N) is 3. The van der Waals surface area contributed by atoms with Crippen molar-refractivity contribution >= 4 is 40.9 Å². The molecule has 0 saturated heterocycles. The van der Waals surface area contributed by atoms with E-state index in [1.165, 1.54) is 11.1 Å². The third-order valence-corrected chi connectivity index (χ3v) is 7.47. The minimum atomic E-state index is -0.485. The van der Waals surface area contributed by atoms with E-state index in [0.29, 0.717) is 21.7 Å². The Hall–Kier alpha value is -3.55. The van der Waals surface area contributed by atoms with Crippen molar-refractivity contribution < 1.29 is 4.79 Å². The van der Waals surface area contributed by atoms with Gasteiger partial charge in [-0.15, -0.1) is 5.10 Å². The van der Waals surface area contributed by atoms with Gasteiger partial charge in [-0.25, -0.2) is 4.68 Å². The van der Waals surface area contributed by atoms with E-state index in [9.17, 15) is 4.79 Å². The van der Waals surface area contributed by atoms with Crippen molar-refractivity contribution in [3.8, 4) is 0 Å². The molecule has 6 nitrogen and oxygen atoms in total. The number of amides is 1. The van der Waals surface area contributed by atoms with Crippen LogP contribution in [0.2, 0.25) is 5.02 Å². The zero-order chi connectivity index (χ0) is 26.1. The number of rotatable bonds is 6. The highest BCUT2D eigenvalue weighted by molar-refractivity contribution is 7.98. The second-order valence-corrected chi connectivity index (χ2v) is 10.7. The molecule has 2 heterocycles. The second kappa shape index (κ2) is 10.4. The molecular formula is C29H28ClN5OS. The van der Waals surface area contributed by atoms with Gasteiger partial charge in [-0.2, -0.15) is 4.98 Å². The third kappa shape index (κ3) is 5.43. The van der Waals surface area contributed by atoms with Crippen molar-refractivity contribution in [2.24, 2.45) is 0 Å². The molecule has 0 radical (unpaired) electrons. The Morgan fingerprint density at radius 3 is 2.57 bits per heavy atom. The SMILES string of the molecule is CC1=C(C(=O)Nc2ccc(C)cc2C)[C@@H](c2cccc(Cl)c2)n2nc(SCc3cccc(C)c3)nc2N1. The predicted molar refractivity (Wildman–Crippen MR) is 151 cm³/mol. The van der Waals surface area contributed by atoms with E-state index in [1.807, 2.05) is 57.2 Å². The van der Waals surface area contributed by atoms with Gasteiger partial charge in [-0.1, -0.05) is 83.0 Å². The number of aryl methyl sites for hydroxylation is 3. The summed E-state index contributed by atoms with van der Waals surface area (Å²) >= 11 is 7.94. The fourth-order valence-electron chi connectivity index (χ4n) is 4.56. The lowest BCUT2D eigenvalue weighted by Crippen LogP contribution is -2.31. The number of hydrogen-bond donors (Lipinski definition) is 2. The van der Waals surface area contributed by atoms with Crippen molar-refractivity contribution in [2.45, 2.75) is 44.6 Å². The standard InChI is InChI=1S/C29H28ClN5OS/c1-17-7-5-8-21(14-17)16-37-29-33-28-31-20(4)25(27(36)32-24-12-11-18(2)13-19(24)3)26(35(28)34-29)22-9-6-10-23(30)15-22/h5-15,26H,16H2,1-4H3,(H,32,36)(H,31,33,34)/t26-/m1/s1. The van der Waals surface area contributed by atoms with Gasteiger partial charge in [-0.3, -0.25) is 4.79 Å². The second-order valence-electron chi connectivity index (χ2n) is 9.33. The van der Waals surface area contributed by atoms with Crippen molar-refractivity contribution in [3.63, 3.8) is 0 Å². The summed E-state index contributed by atoms with van der Waals surface area (Å²) in [5.74, 6) is 1.15. The number of thioether (sulfide) groups is 1. The molecule has 1 aliphatic heterocycles. The van der Waals surface area contributed by atoms with Crippen LogP contribution in [0.4, 0.5) is 11.6 Å². The van der Waals surface area contributed by atoms with Gasteiger partial charge in [0.15, 0.2) is 0 Å². The first-order chi connectivity index (χ1) is 17.8. The van der Waals surface area contributed by atoms with Gasteiger partial charge in [-0.05, 0) is 62.6 Å². The highest BCUT2D eigenvalue weighted by Crippen LogP contribution is 2.38. The molecule has 1 aromatic heterocycles. The third-order valence-electron chi connectivity index (χ3n) is 6.32. The fraction of sp³-hybridized carbons (Fsp3) is 0.207. The van der Waals surface area contributed by atoms with E-state index >= 15 is 0 Å². The summed E-state index contributed by atoms with van der Waals surface area (Å²) in [7, 11) is 0. The van der Waals surface area contributed by atoms with Crippen LogP contribution in [0.25, 0.3) is 0 Å². The number of hydrogen-bond acceptors (Lipinski definition) is 5. The van der Waals surface area contributed by atoms with E-state index < -0.39 is 6.04 Å². The van der Waals surface area contributed by atoms with Crippen molar-refractivity contribution in [1.29, 1.82) is 0 Å². The van der Waals surface area contributed by atoms with Gasteiger partial charge in [0.2, 0.25) is 11.1 Å². The molecule has 188 valence electrons.